The molecule has 0 aliphatic rings. The second kappa shape index (κ2) is 6.29. The van der Waals surface area contributed by atoms with Crippen LogP contribution in [0.15, 0.2) is 30.3 Å². The number of benzene rings is 1. The molecule has 0 fully saturated rings. The average Bonchev–Trinajstić information content (AvgIpc) is 2.44. The van der Waals surface area contributed by atoms with Crippen LogP contribution in [0.1, 0.15) is 17.0 Å². The Bertz CT molecular complexity index is 630. The molecule has 2 aromatic rings. The second-order valence-electron chi connectivity index (χ2n) is 4.25. The molecule has 0 saturated heterocycles. The third-order valence-corrected chi connectivity index (χ3v) is 2.95. The number of para-hydroxylation sites is 1. The minimum atomic E-state index is 0.260. The Morgan fingerprint density at radius 3 is 2.80 bits per heavy atom. The van der Waals surface area contributed by atoms with E-state index < -0.39 is 0 Å². The molecular weight excluding hydrogens is 272 g/mol. The number of hydrogen-bond acceptors (Lipinski definition) is 5. The Labute approximate surface area is 123 Å². The lowest BCUT2D eigenvalue weighted by molar-refractivity contribution is 0.410. The van der Waals surface area contributed by atoms with Crippen LogP contribution in [0.25, 0.3) is 0 Å². The number of ether oxygens (including phenoxy) is 1. The van der Waals surface area contributed by atoms with Gasteiger partial charge in [-0.1, -0.05) is 30.4 Å². The van der Waals surface area contributed by atoms with Gasteiger partial charge in [0.15, 0.2) is 0 Å². The van der Waals surface area contributed by atoms with Crippen molar-refractivity contribution >= 4 is 23.2 Å². The van der Waals surface area contributed by atoms with E-state index in [-0.39, 0.29) is 4.99 Å². The summed E-state index contributed by atoms with van der Waals surface area (Å²) in [5.74, 6) is 1.32. The first-order valence-corrected chi connectivity index (χ1v) is 6.52. The van der Waals surface area contributed by atoms with Crippen LogP contribution >= 0.6 is 12.2 Å². The van der Waals surface area contributed by atoms with E-state index in [2.05, 4.69) is 15.3 Å². The largest absolute Gasteiger partial charge is 0.496 e. The van der Waals surface area contributed by atoms with Crippen molar-refractivity contribution in [2.24, 2.45) is 5.73 Å². The van der Waals surface area contributed by atoms with Gasteiger partial charge in [0.25, 0.3) is 0 Å². The van der Waals surface area contributed by atoms with Gasteiger partial charge < -0.3 is 15.8 Å². The van der Waals surface area contributed by atoms with Crippen LogP contribution in [0.2, 0.25) is 0 Å². The van der Waals surface area contributed by atoms with Gasteiger partial charge in [0.2, 0.25) is 5.95 Å². The van der Waals surface area contributed by atoms with Crippen molar-refractivity contribution in [2.75, 3.05) is 12.4 Å². The topological polar surface area (TPSA) is 73.1 Å². The lowest BCUT2D eigenvalue weighted by Gasteiger charge is -2.10. The van der Waals surface area contributed by atoms with Gasteiger partial charge in [0.05, 0.1) is 7.11 Å². The van der Waals surface area contributed by atoms with Gasteiger partial charge in [-0.25, -0.2) is 9.97 Å². The number of aromatic nitrogens is 2. The Kier molecular flexibility index (Phi) is 4.47. The monoisotopic (exact) mass is 288 g/mol. The summed E-state index contributed by atoms with van der Waals surface area (Å²) in [6, 6.07) is 9.54. The molecule has 0 saturated carbocycles. The summed E-state index contributed by atoms with van der Waals surface area (Å²) in [6.07, 6.45) is 0. The molecule has 3 N–H and O–H groups in total. The zero-order chi connectivity index (χ0) is 14.5. The highest BCUT2D eigenvalue weighted by Crippen LogP contribution is 2.18. The van der Waals surface area contributed by atoms with E-state index >= 15 is 0 Å². The van der Waals surface area contributed by atoms with Crippen LogP contribution in [0, 0.1) is 6.92 Å². The number of nitrogens with one attached hydrogen (secondary N) is 1. The first-order valence-electron chi connectivity index (χ1n) is 6.11. The van der Waals surface area contributed by atoms with Crippen LogP contribution in [-0.2, 0) is 6.54 Å². The molecule has 0 aliphatic carbocycles. The molecule has 0 aliphatic heterocycles. The molecule has 20 heavy (non-hydrogen) atoms. The van der Waals surface area contributed by atoms with Gasteiger partial charge in [-0.3, -0.25) is 0 Å². The molecule has 0 radical (unpaired) electrons. The summed E-state index contributed by atoms with van der Waals surface area (Å²) < 4.78 is 5.30. The van der Waals surface area contributed by atoms with E-state index in [1.807, 2.05) is 31.2 Å². The molecule has 2 rings (SSSR count). The van der Waals surface area contributed by atoms with Crippen molar-refractivity contribution in [1.82, 2.24) is 9.97 Å². The quantitative estimate of drug-likeness (QED) is 0.820. The van der Waals surface area contributed by atoms with Crippen LogP contribution < -0.4 is 15.8 Å². The van der Waals surface area contributed by atoms with Gasteiger partial charge in [0, 0.05) is 17.8 Å². The Morgan fingerprint density at radius 1 is 1.35 bits per heavy atom. The summed E-state index contributed by atoms with van der Waals surface area (Å²) in [6.45, 7) is 2.43. The number of anilines is 1. The minimum absolute atomic E-state index is 0.260. The fraction of sp³-hybridized carbons (Fsp3) is 0.214. The van der Waals surface area contributed by atoms with Crippen molar-refractivity contribution in [1.29, 1.82) is 0 Å². The maximum absolute atomic E-state index is 5.60. The molecule has 0 atom stereocenters. The van der Waals surface area contributed by atoms with Crippen LogP contribution in [0.5, 0.6) is 5.75 Å². The summed E-state index contributed by atoms with van der Waals surface area (Å²) in [7, 11) is 1.65. The Balaban J connectivity index is 2.16. The molecule has 0 spiro atoms. The van der Waals surface area contributed by atoms with Gasteiger partial charge in [-0.05, 0) is 19.1 Å². The molecule has 1 heterocycles. The zero-order valence-electron chi connectivity index (χ0n) is 11.4. The van der Waals surface area contributed by atoms with E-state index in [0.717, 1.165) is 17.0 Å². The van der Waals surface area contributed by atoms with Crippen molar-refractivity contribution in [3.63, 3.8) is 0 Å². The van der Waals surface area contributed by atoms with Crippen molar-refractivity contribution < 1.29 is 4.74 Å². The fourth-order valence-corrected chi connectivity index (χ4v) is 1.90. The van der Waals surface area contributed by atoms with Crippen molar-refractivity contribution in [2.45, 2.75) is 13.5 Å². The normalized spacial score (nSPS) is 10.1. The number of hydrogen-bond donors (Lipinski definition) is 2. The third kappa shape index (κ3) is 3.42. The van der Waals surface area contributed by atoms with Gasteiger partial charge in [-0.2, -0.15) is 0 Å². The number of aryl methyl sites for hydroxylation is 1. The number of methoxy groups -OCH3 is 1. The summed E-state index contributed by atoms with van der Waals surface area (Å²) in [4.78, 5) is 8.84. The maximum atomic E-state index is 5.60. The molecular formula is C14H16N4OS. The lowest BCUT2D eigenvalue weighted by Crippen LogP contribution is -2.14. The van der Waals surface area contributed by atoms with Gasteiger partial charge in [0.1, 0.15) is 16.4 Å². The molecule has 1 aromatic heterocycles. The lowest BCUT2D eigenvalue weighted by atomic mass is 10.2. The number of rotatable bonds is 5. The van der Waals surface area contributed by atoms with E-state index in [9.17, 15) is 0 Å². The number of nitrogens with two attached hydrogens (primary N) is 1. The highest BCUT2D eigenvalue weighted by molar-refractivity contribution is 7.80. The van der Waals surface area contributed by atoms with Crippen molar-refractivity contribution in [3.05, 3.63) is 47.3 Å². The number of nitrogens with zero attached hydrogens (tertiary/aromatic N) is 2. The highest BCUT2D eigenvalue weighted by atomic mass is 32.1. The molecule has 5 nitrogen and oxygen atoms in total. The van der Waals surface area contributed by atoms with Crippen LogP contribution in [0.4, 0.5) is 5.95 Å². The van der Waals surface area contributed by atoms with E-state index in [0.29, 0.717) is 18.2 Å². The van der Waals surface area contributed by atoms with E-state index in [1.54, 1.807) is 13.2 Å². The van der Waals surface area contributed by atoms with Crippen LogP contribution in [0.3, 0.4) is 0 Å². The summed E-state index contributed by atoms with van der Waals surface area (Å²) in [5.41, 5.74) is 8.00. The average molecular weight is 288 g/mol. The zero-order valence-corrected chi connectivity index (χ0v) is 12.2. The minimum Gasteiger partial charge on any atom is -0.496 e. The van der Waals surface area contributed by atoms with Crippen LogP contribution in [-0.4, -0.2) is 22.1 Å². The second-order valence-corrected chi connectivity index (χ2v) is 4.69. The van der Waals surface area contributed by atoms with Gasteiger partial charge >= 0.3 is 0 Å². The first-order chi connectivity index (χ1) is 9.60. The van der Waals surface area contributed by atoms with E-state index in [4.69, 9.17) is 22.7 Å². The predicted octanol–water partition coefficient (Wildman–Crippen LogP) is 2.04. The third-order valence-electron chi connectivity index (χ3n) is 2.74. The molecule has 1 aromatic carbocycles. The molecule has 0 amide bonds. The smallest absolute Gasteiger partial charge is 0.223 e. The summed E-state index contributed by atoms with van der Waals surface area (Å²) >= 11 is 4.94. The molecule has 0 unspecified atom stereocenters. The number of thiocarbonyl (C=S) groups is 1. The summed E-state index contributed by atoms with van der Waals surface area (Å²) in [5, 5.41) is 3.15. The molecule has 0 bridgehead atoms. The van der Waals surface area contributed by atoms with Gasteiger partial charge in [-0.15, -0.1) is 0 Å². The first kappa shape index (κ1) is 14.2. The van der Waals surface area contributed by atoms with E-state index in [1.165, 1.54) is 0 Å². The predicted molar refractivity (Wildman–Crippen MR) is 83.0 cm³/mol. The fourth-order valence-electron chi connectivity index (χ4n) is 1.80. The molecule has 104 valence electrons. The standard InChI is InChI=1S/C14H16N4OS/c1-9-7-11(13(15)20)18-14(17-9)16-8-10-5-3-4-6-12(10)19-2/h3-7H,8H2,1-2H3,(H2,15,20)(H,16,17,18). The highest BCUT2D eigenvalue weighted by Gasteiger charge is 2.06. The Hall–Kier alpha value is -2.21. The SMILES string of the molecule is COc1ccccc1CNc1nc(C)cc(C(N)=S)n1. The van der Waals surface area contributed by atoms with Crippen molar-refractivity contribution in [3.8, 4) is 5.75 Å². The Morgan fingerprint density at radius 2 is 2.10 bits per heavy atom. The molecule has 6 heteroatoms. The maximum Gasteiger partial charge on any atom is 0.223 e.